The standard InChI is InChI=1S/C15H13ClN2O2S/c16-13-2-1-3-14(9-13)21(19,20)18-10-11-4-5-12-6-7-17-15(12)8-11/h1-9,17-18H,10H2. The van der Waals surface area contributed by atoms with Crippen LogP contribution < -0.4 is 4.72 Å². The van der Waals surface area contributed by atoms with Gasteiger partial charge in [0, 0.05) is 23.3 Å². The Bertz CT molecular complexity index is 887. The van der Waals surface area contributed by atoms with Gasteiger partial charge in [-0.1, -0.05) is 29.8 Å². The van der Waals surface area contributed by atoms with Crippen LogP contribution in [0.4, 0.5) is 0 Å². The summed E-state index contributed by atoms with van der Waals surface area (Å²) < 4.78 is 27.0. The largest absolute Gasteiger partial charge is 0.361 e. The molecule has 0 unspecified atom stereocenters. The van der Waals surface area contributed by atoms with Gasteiger partial charge in [-0.05, 0) is 41.3 Å². The zero-order valence-corrected chi connectivity index (χ0v) is 12.6. The summed E-state index contributed by atoms with van der Waals surface area (Å²) in [5, 5.41) is 1.49. The number of hydrogen-bond donors (Lipinski definition) is 2. The highest BCUT2D eigenvalue weighted by Gasteiger charge is 2.13. The van der Waals surface area contributed by atoms with E-state index in [0.29, 0.717) is 5.02 Å². The topological polar surface area (TPSA) is 62.0 Å². The Morgan fingerprint density at radius 1 is 1.10 bits per heavy atom. The summed E-state index contributed by atoms with van der Waals surface area (Å²) in [6.07, 6.45) is 1.85. The number of fused-ring (bicyclic) bond motifs is 1. The lowest BCUT2D eigenvalue weighted by Gasteiger charge is -2.07. The molecule has 2 N–H and O–H groups in total. The lowest BCUT2D eigenvalue weighted by molar-refractivity contribution is 0.581. The van der Waals surface area contributed by atoms with Crippen LogP contribution in [0.3, 0.4) is 0 Å². The number of halogens is 1. The van der Waals surface area contributed by atoms with Gasteiger partial charge < -0.3 is 4.98 Å². The van der Waals surface area contributed by atoms with Crippen LogP contribution in [-0.4, -0.2) is 13.4 Å². The van der Waals surface area contributed by atoms with E-state index in [-0.39, 0.29) is 11.4 Å². The predicted octanol–water partition coefficient (Wildman–Crippen LogP) is 3.30. The van der Waals surface area contributed by atoms with Gasteiger partial charge in [-0.3, -0.25) is 0 Å². The van der Waals surface area contributed by atoms with E-state index in [1.165, 1.54) is 12.1 Å². The first-order chi connectivity index (χ1) is 10.0. The maximum atomic E-state index is 12.2. The van der Waals surface area contributed by atoms with Crippen molar-refractivity contribution in [2.24, 2.45) is 0 Å². The molecule has 0 amide bonds. The molecule has 0 bridgehead atoms. The van der Waals surface area contributed by atoms with E-state index in [1.807, 2.05) is 30.5 Å². The Hall–Kier alpha value is -1.82. The second-order valence-electron chi connectivity index (χ2n) is 4.68. The van der Waals surface area contributed by atoms with Gasteiger partial charge in [0.2, 0.25) is 10.0 Å². The average molecular weight is 321 g/mol. The molecule has 0 saturated carbocycles. The average Bonchev–Trinajstić information content (AvgIpc) is 2.93. The molecule has 0 aliphatic heterocycles. The Morgan fingerprint density at radius 3 is 2.76 bits per heavy atom. The van der Waals surface area contributed by atoms with Gasteiger partial charge in [0.15, 0.2) is 0 Å². The first kappa shape index (κ1) is 14.1. The maximum absolute atomic E-state index is 12.2. The Morgan fingerprint density at radius 2 is 1.95 bits per heavy atom. The molecule has 0 aliphatic carbocycles. The van der Waals surface area contributed by atoms with E-state index in [1.54, 1.807) is 12.1 Å². The predicted molar refractivity (Wildman–Crippen MR) is 83.8 cm³/mol. The van der Waals surface area contributed by atoms with E-state index in [9.17, 15) is 8.42 Å². The summed E-state index contributed by atoms with van der Waals surface area (Å²) >= 11 is 5.82. The molecule has 0 saturated heterocycles. The van der Waals surface area contributed by atoms with Gasteiger partial charge in [-0.25, -0.2) is 13.1 Å². The zero-order valence-electron chi connectivity index (χ0n) is 11.0. The van der Waals surface area contributed by atoms with Crippen LogP contribution in [-0.2, 0) is 16.6 Å². The first-order valence-electron chi connectivity index (χ1n) is 6.36. The third-order valence-electron chi connectivity index (χ3n) is 3.19. The van der Waals surface area contributed by atoms with Crippen molar-refractivity contribution in [2.45, 2.75) is 11.4 Å². The van der Waals surface area contributed by atoms with Crippen LogP contribution in [0.2, 0.25) is 5.02 Å². The molecular weight excluding hydrogens is 308 g/mol. The molecule has 0 radical (unpaired) electrons. The van der Waals surface area contributed by atoms with E-state index >= 15 is 0 Å². The molecule has 1 aromatic heterocycles. The fourth-order valence-corrected chi connectivity index (χ4v) is 3.42. The summed E-state index contributed by atoms with van der Waals surface area (Å²) in [7, 11) is -3.57. The van der Waals surface area contributed by atoms with Crippen molar-refractivity contribution < 1.29 is 8.42 Å². The molecule has 0 atom stereocenters. The second-order valence-corrected chi connectivity index (χ2v) is 6.88. The SMILES string of the molecule is O=S(=O)(NCc1ccc2cc[nH]c2c1)c1cccc(Cl)c1. The van der Waals surface area contributed by atoms with Gasteiger partial charge in [-0.2, -0.15) is 0 Å². The molecule has 0 fully saturated rings. The van der Waals surface area contributed by atoms with Crippen LogP contribution >= 0.6 is 11.6 Å². The number of benzene rings is 2. The molecule has 1 heterocycles. The summed E-state index contributed by atoms with van der Waals surface area (Å²) in [4.78, 5) is 3.26. The smallest absolute Gasteiger partial charge is 0.240 e. The summed E-state index contributed by atoms with van der Waals surface area (Å²) in [6, 6.07) is 13.9. The van der Waals surface area contributed by atoms with Gasteiger partial charge in [0.25, 0.3) is 0 Å². The second kappa shape index (κ2) is 5.52. The van der Waals surface area contributed by atoms with Crippen molar-refractivity contribution in [3.05, 3.63) is 65.3 Å². The fraction of sp³-hybridized carbons (Fsp3) is 0.0667. The maximum Gasteiger partial charge on any atom is 0.240 e. The Kier molecular flexibility index (Phi) is 3.71. The van der Waals surface area contributed by atoms with Crippen molar-refractivity contribution >= 4 is 32.5 Å². The highest BCUT2D eigenvalue weighted by molar-refractivity contribution is 7.89. The number of aromatic amines is 1. The summed E-state index contributed by atoms with van der Waals surface area (Å²) in [5.74, 6) is 0. The third-order valence-corrected chi connectivity index (χ3v) is 4.83. The number of nitrogens with one attached hydrogen (secondary N) is 2. The minimum atomic E-state index is -3.57. The Labute approximate surface area is 127 Å². The number of aromatic nitrogens is 1. The quantitative estimate of drug-likeness (QED) is 0.774. The number of H-pyrrole nitrogens is 1. The normalized spacial score (nSPS) is 11.9. The van der Waals surface area contributed by atoms with Crippen molar-refractivity contribution in [3.8, 4) is 0 Å². The highest BCUT2D eigenvalue weighted by Crippen LogP contribution is 2.17. The molecule has 6 heteroatoms. The van der Waals surface area contributed by atoms with Gasteiger partial charge in [-0.15, -0.1) is 0 Å². The highest BCUT2D eigenvalue weighted by atomic mass is 35.5. The molecule has 3 aromatic rings. The van der Waals surface area contributed by atoms with E-state index in [4.69, 9.17) is 11.6 Å². The van der Waals surface area contributed by atoms with Crippen LogP contribution in [0.1, 0.15) is 5.56 Å². The fourth-order valence-electron chi connectivity index (χ4n) is 2.10. The lowest BCUT2D eigenvalue weighted by Crippen LogP contribution is -2.23. The molecule has 3 rings (SSSR count). The minimum Gasteiger partial charge on any atom is -0.361 e. The van der Waals surface area contributed by atoms with Gasteiger partial charge in [0.05, 0.1) is 4.90 Å². The van der Waals surface area contributed by atoms with E-state index < -0.39 is 10.0 Å². The summed E-state index contributed by atoms with van der Waals surface area (Å²) in [5.41, 5.74) is 1.87. The van der Waals surface area contributed by atoms with E-state index in [0.717, 1.165) is 16.5 Å². The van der Waals surface area contributed by atoms with Crippen molar-refractivity contribution in [1.82, 2.24) is 9.71 Å². The molecule has 0 spiro atoms. The first-order valence-corrected chi connectivity index (χ1v) is 8.22. The third kappa shape index (κ3) is 3.10. The van der Waals surface area contributed by atoms with Crippen LogP contribution in [0, 0.1) is 0 Å². The van der Waals surface area contributed by atoms with Gasteiger partial charge in [0.1, 0.15) is 0 Å². The van der Waals surface area contributed by atoms with Crippen LogP contribution in [0.5, 0.6) is 0 Å². The Balaban J connectivity index is 1.79. The summed E-state index contributed by atoms with van der Waals surface area (Å²) in [6.45, 7) is 0.226. The number of sulfonamides is 1. The van der Waals surface area contributed by atoms with Crippen LogP contribution in [0.15, 0.2) is 59.6 Å². The molecular formula is C15H13ClN2O2S. The number of hydrogen-bond acceptors (Lipinski definition) is 2. The molecule has 21 heavy (non-hydrogen) atoms. The monoisotopic (exact) mass is 320 g/mol. The van der Waals surface area contributed by atoms with E-state index in [2.05, 4.69) is 9.71 Å². The van der Waals surface area contributed by atoms with Crippen molar-refractivity contribution in [2.75, 3.05) is 0 Å². The van der Waals surface area contributed by atoms with Crippen molar-refractivity contribution in [3.63, 3.8) is 0 Å². The molecule has 2 aromatic carbocycles. The van der Waals surface area contributed by atoms with Gasteiger partial charge >= 0.3 is 0 Å². The van der Waals surface area contributed by atoms with Crippen molar-refractivity contribution in [1.29, 1.82) is 0 Å². The minimum absolute atomic E-state index is 0.163. The zero-order chi connectivity index (χ0) is 14.9. The van der Waals surface area contributed by atoms with Crippen LogP contribution in [0.25, 0.3) is 10.9 Å². The molecule has 108 valence electrons. The molecule has 0 aliphatic rings. The number of rotatable bonds is 4. The molecule has 4 nitrogen and oxygen atoms in total. The lowest BCUT2D eigenvalue weighted by atomic mass is 10.2.